The predicted octanol–water partition coefficient (Wildman–Crippen LogP) is -0.426. The van der Waals surface area contributed by atoms with Gasteiger partial charge in [0.25, 0.3) is 0 Å². The molecule has 0 radical (unpaired) electrons. The standard InChI is InChI=1S/C8H17NO4S/c1-3-13-7(10)4-8(9)5-14(2,11,12)6-8/h3-6,9H2,1-2H3,(H,11,12). The molecule has 0 aromatic heterocycles. The third-order valence-corrected chi connectivity index (χ3v) is 4.75. The molecule has 1 fully saturated rings. The van der Waals surface area contributed by atoms with Gasteiger partial charge in [0, 0.05) is 6.26 Å². The van der Waals surface area contributed by atoms with E-state index in [9.17, 15) is 13.6 Å². The summed E-state index contributed by atoms with van der Waals surface area (Å²) in [7, 11) is -3.48. The normalized spacial score (nSPS) is 36.1. The van der Waals surface area contributed by atoms with Crippen molar-refractivity contribution in [2.45, 2.75) is 18.9 Å². The molecule has 1 aliphatic heterocycles. The third kappa shape index (κ3) is 2.76. The van der Waals surface area contributed by atoms with Crippen LogP contribution < -0.4 is 5.73 Å². The van der Waals surface area contributed by atoms with Gasteiger partial charge < -0.3 is 15.0 Å². The maximum Gasteiger partial charge on any atom is 0.307 e. The van der Waals surface area contributed by atoms with Gasteiger partial charge in [0.1, 0.15) is 0 Å². The van der Waals surface area contributed by atoms with E-state index in [2.05, 4.69) is 0 Å². The van der Waals surface area contributed by atoms with Gasteiger partial charge in [0.2, 0.25) is 0 Å². The summed E-state index contributed by atoms with van der Waals surface area (Å²) in [4.78, 5) is 11.1. The zero-order chi connectivity index (χ0) is 11.1. The Kier molecular flexibility index (Phi) is 2.50. The average Bonchev–Trinajstić information content (AvgIpc) is 1.78. The van der Waals surface area contributed by atoms with Gasteiger partial charge in [-0.3, -0.25) is 4.79 Å². The highest BCUT2D eigenvalue weighted by Gasteiger charge is 2.51. The van der Waals surface area contributed by atoms with Crippen molar-refractivity contribution in [3.63, 3.8) is 0 Å². The molecule has 0 aromatic carbocycles. The minimum absolute atomic E-state index is 0.0109. The van der Waals surface area contributed by atoms with Crippen molar-refractivity contribution in [1.82, 2.24) is 0 Å². The minimum Gasteiger partial charge on any atom is -0.466 e. The Labute approximate surface area is 83.2 Å². The molecule has 3 N–H and O–H groups in total. The molecule has 1 aliphatic rings. The summed E-state index contributed by atoms with van der Waals surface area (Å²) in [5, 5.41) is 0. The summed E-state index contributed by atoms with van der Waals surface area (Å²) in [5.41, 5.74) is 4.91. The van der Waals surface area contributed by atoms with E-state index in [1.165, 1.54) is 6.26 Å². The first-order chi connectivity index (χ1) is 6.14. The van der Waals surface area contributed by atoms with E-state index in [4.69, 9.17) is 10.5 Å². The molecule has 0 aromatic rings. The summed E-state index contributed by atoms with van der Waals surface area (Å²) in [6.07, 6.45) is 1.32. The van der Waals surface area contributed by atoms with Crippen molar-refractivity contribution in [2.75, 3.05) is 24.4 Å². The van der Waals surface area contributed by atoms with Crippen LogP contribution in [0.4, 0.5) is 0 Å². The smallest absolute Gasteiger partial charge is 0.307 e. The number of carbonyl (C=O) groups excluding carboxylic acids is 1. The quantitative estimate of drug-likeness (QED) is 0.634. The van der Waals surface area contributed by atoms with Crippen LogP contribution in [0.25, 0.3) is 0 Å². The molecular formula is C8H17NO4S. The van der Waals surface area contributed by atoms with E-state index in [0.717, 1.165) is 0 Å². The second kappa shape index (κ2) is 3.01. The fourth-order valence-corrected chi connectivity index (χ4v) is 5.10. The van der Waals surface area contributed by atoms with Crippen LogP contribution in [-0.4, -0.2) is 44.6 Å². The summed E-state index contributed by atoms with van der Waals surface area (Å²) in [5.74, 6) is -0.427. The molecule has 0 unspecified atom stereocenters. The molecule has 1 rings (SSSR count). The summed E-state index contributed by atoms with van der Waals surface area (Å²) in [6, 6.07) is 0. The highest BCUT2D eigenvalue weighted by molar-refractivity contribution is 8.15. The Hall–Kier alpha value is -0.460. The molecular weight excluding hydrogens is 206 g/mol. The van der Waals surface area contributed by atoms with Gasteiger partial charge in [-0.15, -0.1) is 0 Å². The Bertz CT molecular complexity index is 307. The van der Waals surface area contributed by atoms with Gasteiger partial charge in [0.05, 0.1) is 30.1 Å². The van der Waals surface area contributed by atoms with Crippen molar-refractivity contribution >= 4 is 15.3 Å². The highest BCUT2D eigenvalue weighted by atomic mass is 32.3. The molecule has 0 bridgehead atoms. The minimum atomic E-state index is -3.48. The SMILES string of the molecule is CCOC(=O)CC1(N)CS(C)(=O)(O)C1. The van der Waals surface area contributed by atoms with E-state index in [1.807, 2.05) is 0 Å². The lowest BCUT2D eigenvalue weighted by Gasteiger charge is -2.57. The summed E-state index contributed by atoms with van der Waals surface area (Å²) in [6.45, 7) is 2.01. The number of hydrogen-bond acceptors (Lipinski definition) is 4. The molecule has 0 saturated carbocycles. The first kappa shape index (κ1) is 11.6. The molecule has 1 heterocycles. The van der Waals surface area contributed by atoms with E-state index in [1.54, 1.807) is 6.92 Å². The van der Waals surface area contributed by atoms with Crippen LogP contribution in [0, 0.1) is 0 Å². The highest BCUT2D eigenvalue weighted by Crippen LogP contribution is 2.38. The maximum absolute atomic E-state index is 11.5. The Morgan fingerprint density at radius 2 is 2.14 bits per heavy atom. The van der Waals surface area contributed by atoms with Gasteiger partial charge in [-0.2, -0.15) is 9.35 Å². The van der Waals surface area contributed by atoms with Crippen LogP contribution in [0.3, 0.4) is 0 Å². The lowest BCUT2D eigenvalue weighted by molar-refractivity contribution is -0.144. The predicted molar refractivity (Wildman–Crippen MR) is 54.6 cm³/mol. The zero-order valence-electron chi connectivity index (χ0n) is 8.49. The molecule has 0 atom stereocenters. The molecule has 6 heteroatoms. The number of carbonyl (C=O) groups is 1. The van der Waals surface area contributed by atoms with E-state index in [0.29, 0.717) is 6.61 Å². The topological polar surface area (TPSA) is 89.6 Å². The van der Waals surface area contributed by atoms with E-state index < -0.39 is 20.9 Å². The van der Waals surface area contributed by atoms with Crippen molar-refractivity contribution in [3.05, 3.63) is 0 Å². The first-order valence-electron chi connectivity index (χ1n) is 4.44. The monoisotopic (exact) mass is 223 g/mol. The molecule has 0 aliphatic carbocycles. The number of nitrogens with two attached hydrogens (primary N) is 1. The van der Waals surface area contributed by atoms with E-state index >= 15 is 0 Å². The van der Waals surface area contributed by atoms with Crippen molar-refractivity contribution in [3.8, 4) is 0 Å². The lowest BCUT2D eigenvalue weighted by atomic mass is 10.0. The molecule has 84 valence electrons. The third-order valence-electron chi connectivity index (χ3n) is 2.12. The zero-order valence-corrected chi connectivity index (χ0v) is 9.30. The van der Waals surface area contributed by atoms with Gasteiger partial charge in [0.15, 0.2) is 0 Å². The Morgan fingerprint density at radius 3 is 2.50 bits per heavy atom. The van der Waals surface area contributed by atoms with Gasteiger partial charge in [-0.1, -0.05) is 0 Å². The average molecular weight is 223 g/mol. The molecule has 14 heavy (non-hydrogen) atoms. The van der Waals surface area contributed by atoms with Crippen LogP contribution in [0.1, 0.15) is 13.3 Å². The Morgan fingerprint density at radius 1 is 1.64 bits per heavy atom. The molecule has 0 amide bonds. The van der Waals surface area contributed by atoms with E-state index in [-0.39, 0.29) is 17.9 Å². The molecule has 0 spiro atoms. The number of rotatable bonds is 3. The van der Waals surface area contributed by atoms with Gasteiger partial charge in [-0.05, 0) is 6.92 Å². The largest absolute Gasteiger partial charge is 0.466 e. The van der Waals surface area contributed by atoms with Crippen LogP contribution in [-0.2, 0) is 18.9 Å². The second-order valence-electron chi connectivity index (χ2n) is 4.33. The van der Waals surface area contributed by atoms with Crippen molar-refractivity contribution in [1.29, 1.82) is 0 Å². The van der Waals surface area contributed by atoms with Crippen molar-refractivity contribution < 1.29 is 18.3 Å². The number of hydrogen-bond donors (Lipinski definition) is 2. The van der Waals surface area contributed by atoms with Crippen molar-refractivity contribution in [2.24, 2.45) is 5.73 Å². The molecule has 5 nitrogen and oxygen atoms in total. The van der Waals surface area contributed by atoms with Crippen LogP contribution in [0.15, 0.2) is 0 Å². The fourth-order valence-electron chi connectivity index (χ4n) is 2.03. The summed E-state index contributed by atoms with van der Waals surface area (Å²) >= 11 is 0. The van der Waals surface area contributed by atoms with Crippen LogP contribution >= 0.6 is 0 Å². The molecule has 1 saturated heterocycles. The maximum atomic E-state index is 11.5. The first-order valence-corrected chi connectivity index (χ1v) is 7.11. The lowest BCUT2D eigenvalue weighted by Crippen LogP contribution is -2.72. The number of esters is 1. The Balaban J connectivity index is 2.50. The second-order valence-corrected chi connectivity index (χ2v) is 8.31. The van der Waals surface area contributed by atoms with Crippen LogP contribution in [0.5, 0.6) is 0 Å². The summed E-state index contributed by atoms with van der Waals surface area (Å²) < 4.78 is 25.7. The van der Waals surface area contributed by atoms with Crippen LogP contribution in [0.2, 0.25) is 0 Å². The fraction of sp³-hybridized carbons (Fsp3) is 0.875. The van der Waals surface area contributed by atoms with Gasteiger partial charge in [-0.25, -0.2) is 4.21 Å². The van der Waals surface area contributed by atoms with Gasteiger partial charge >= 0.3 is 5.97 Å². The number of ether oxygens (including phenoxy) is 1.